The van der Waals surface area contributed by atoms with E-state index < -0.39 is 0 Å². The smallest absolute Gasteiger partial charge is 0.326 e. The van der Waals surface area contributed by atoms with Gasteiger partial charge in [0.15, 0.2) is 0 Å². The van der Waals surface area contributed by atoms with E-state index in [1.165, 1.54) is 0 Å². The predicted molar refractivity (Wildman–Crippen MR) is 156 cm³/mol. The van der Waals surface area contributed by atoms with Crippen molar-refractivity contribution in [3.8, 4) is 0 Å². The molecule has 3 aromatic carbocycles. The molecule has 41 heavy (non-hydrogen) atoms. The summed E-state index contributed by atoms with van der Waals surface area (Å²) in [5.41, 5.74) is 4.65. The van der Waals surface area contributed by atoms with Crippen LogP contribution in [-0.4, -0.2) is 63.5 Å². The van der Waals surface area contributed by atoms with Gasteiger partial charge in [-0.15, -0.1) is 0 Å². The highest BCUT2D eigenvalue weighted by Gasteiger charge is 2.38. The van der Waals surface area contributed by atoms with Crippen molar-refractivity contribution in [2.24, 2.45) is 0 Å². The minimum Gasteiger partial charge on any atom is -0.376 e. The second kappa shape index (κ2) is 10.6. The van der Waals surface area contributed by atoms with Crippen molar-refractivity contribution in [2.45, 2.75) is 44.0 Å². The van der Waals surface area contributed by atoms with Crippen LogP contribution in [0.4, 0.5) is 5.69 Å². The molecule has 7 rings (SSSR count). The number of anilines is 1. The lowest BCUT2D eigenvalue weighted by atomic mass is 10.0. The molecule has 9 heteroatoms. The number of likely N-dealkylation sites (tertiary alicyclic amines) is 1. The van der Waals surface area contributed by atoms with Crippen molar-refractivity contribution in [1.82, 2.24) is 19.4 Å². The van der Waals surface area contributed by atoms with E-state index in [0.717, 1.165) is 41.7 Å². The highest BCUT2D eigenvalue weighted by molar-refractivity contribution is 6.00. The van der Waals surface area contributed by atoms with Crippen molar-refractivity contribution >= 4 is 28.5 Å². The maximum absolute atomic E-state index is 13.5. The van der Waals surface area contributed by atoms with Crippen LogP contribution in [0.1, 0.15) is 64.2 Å². The zero-order valence-electron chi connectivity index (χ0n) is 22.8. The Morgan fingerprint density at radius 3 is 2.59 bits per heavy atom. The molecule has 2 atom stereocenters. The summed E-state index contributed by atoms with van der Waals surface area (Å²) < 4.78 is 7.68. The summed E-state index contributed by atoms with van der Waals surface area (Å²) in [6.07, 6.45) is 3.09. The van der Waals surface area contributed by atoms with Gasteiger partial charge in [0.1, 0.15) is 6.17 Å². The normalized spacial score (nSPS) is 21.0. The molecule has 0 aliphatic carbocycles. The fourth-order valence-corrected chi connectivity index (χ4v) is 6.57. The Morgan fingerprint density at radius 2 is 1.76 bits per heavy atom. The monoisotopic (exact) mass is 551 g/mol. The molecular weight excluding hydrogens is 518 g/mol. The van der Waals surface area contributed by atoms with Crippen LogP contribution in [0.25, 0.3) is 11.0 Å². The third-order valence-corrected chi connectivity index (χ3v) is 8.64. The highest BCUT2D eigenvalue weighted by Crippen LogP contribution is 2.36. The van der Waals surface area contributed by atoms with Gasteiger partial charge in [0, 0.05) is 54.7 Å². The minimum atomic E-state index is -0.335. The molecule has 2 unspecified atom stereocenters. The molecule has 2 N–H and O–H groups in total. The Bertz CT molecular complexity index is 1660. The average molecular weight is 552 g/mol. The SMILES string of the molecule is O=C(c1cccc(NC2c3ccccc3C(=O)N2CC2CCCO2)c1)N1CCC(n2c(=O)[nH]c3ccccc32)CC1. The van der Waals surface area contributed by atoms with Crippen LogP contribution in [0.2, 0.25) is 0 Å². The number of imidazole rings is 1. The Kier molecular flexibility index (Phi) is 6.59. The fraction of sp³-hybridized carbons (Fsp3) is 0.344. The molecule has 3 aliphatic rings. The number of para-hydroxylation sites is 2. The van der Waals surface area contributed by atoms with Crippen molar-refractivity contribution in [3.05, 3.63) is 100.0 Å². The van der Waals surface area contributed by atoms with Crippen molar-refractivity contribution < 1.29 is 14.3 Å². The molecule has 0 radical (unpaired) electrons. The molecule has 4 heterocycles. The van der Waals surface area contributed by atoms with E-state index in [1.807, 2.05) is 87.2 Å². The molecule has 2 amide bonds. The van der Waals surface area contributed by atoms with Crippen LogP contribution in [0.5, 0.6) is 0 Å². The van der Waals surface area contributed by atoms with Gasteiger partial charge in [-0.25, -0.2) is 4.79 Å². The van der Waals surface area contributed by atoms with Gasteiger partial charge in [-0.05, 0) is 62.1 Å². The standard InChI is InChI=1S/C32H33N5O4/c38-30(35-16-14-23(15-17-35)37-28-13-4-3-12-27(28)34-32(37)40)21-7-5-8-22(19-21)33-29-25-10-1-2-11-26(25)31(39)36(29)20-24-9-6-18-41-24/h1-5,7-8,10-13,19,23-24,29,33H,6,9,14-18,20H2,(H,34,40). The largest absolute Gasteiger partial charge is 0.376 e. The number of rotatable bonds is 6. The number of hydrogen-bond donors (Lipinski definition) is 2. The number of carbonyl (C=O) groups excluding carboxylic acids is 2. The van der Waals surface area contributed by atoms with Gasteiger partial charge in [0.05, 0.1) is 17.1 Å². The zero-order valence-corrected chi connectivity index (χ0v) is 22.8. The first kappa shape index (κ1) is 25.6. The first-order chi connectivity index (χ1) is 20.1. The minimum absolute atomic E-state index is 0.00184. The molecule has 2 fully saturated rings. The molecule has 0 spiro atoms. The van der Waals surface area contributed by atoms with Crippen LogP contribution in [0.15, 0.2) is 77.6 Å². The van der Waals surface area contributed by atoms with E-state index in [2.05, 4.69) is 10.3 Å². The lowest BCUT2D eigenvalue weighted by molar-refractivity contribution is 0.0488. The maximum atomic E-state index is 13.5. The third-order valence-electron chi connectivity index (χ3n) is 8.64. The van der Waals surface area contributed by atoms with Crippen LogP contribution >= 0.6 is 0 Å². The molecular formula is C32H33N5O4. The summed E-state index contributed by atoms with van der Waals surface area (Å²) >= 11 is 0. The van der Waals surface area contributed by atoms with E-state index in [0.29, 0.717) is 43.6 Å². The maximum Gasteiger partial charge on any atom is 0.326 e. The van der Waals surface area contributed by atoms with Crippen LogP contribution in [0, 0.1) is 0 Å². The number of nitrogens with zero attached hydrogens (tertiary/aromatic N) is 3. The number of nitrogens with one attached hydrogen (secondary N) is 2. The molecule has 2 saturated heterocycles. The van der Waals surface area contributed by atoms with E-state index in [9.17, 15) is 14.4 Å². The molecule has 9 nitrogen and oxygen atoms in total. The number of carbonyl (C=O) groups is 2. The van der Waals surface area contributed by atoms with Crippen LogP contribution in [0.3, 0.4) is 0 Å². The Morgan fingerprint density at radius 1 is 0.951 bits per heavy atom. The number of aromatic nitrogens is 2. The number of amides is 2. The molecule has 0 saturated carbocycles. The molecule has 210 valence electrons. The molecule has 1 aromatic heterocycles. The van der Waals surface area contributed by atoms with Crippen LogP contribution in [-0.2, 0) is 4.74 Å². The summed E-state index contributed by atoms with van der Waals surface area (Å²) in [7, 11) is 0. The van der Waals surface area contributed by atoms with Gasteiger partial charge in [-0.3, -0.25) is 14.2 Å². The van der Waals surface area contributed by atoms with Gasteiger partial charge >= 0.3 is 5.69 Å². The van der Waals surface area contributed by atoms with Crippen molar-refractivity contribution in [2.75, 3.05) is 31.6 Å². The van der Waals surface area contributed by atoms with Crippen LogP contribution < -0.4 is 11.0 Å². The Balaban J connectivity index is 1.06. The van der Waals surface area contributed by atoms with E-state index >= 15 is 0 Å². The van der Waals surface area contributed by atoms with E-state index in [-0.39, 0.29) is 35.8 Å². The molecule has 0 bridgehead atoms. The topological polar surface area (TPSA) is 99.7 Å². The second-order valence-electron chi connectivity index (χ2n) is 11.1. The summed E-state index contributed by atoms with van der Waals surface area (Å²) in [6, 6.07) is 23.0. The number of fused-ring (bicyclic) bond motifs is 2. The third kappa shape index (κ3) is 4.70. The first-order valence-electron chi connectivity index (χ1n) is 14.4. The number of piperidine rings is 1. The Hall–Kier alpha value is -4.37. The number of benzene rings is 3. The summed E-state index contributed by atoms with van der Waals surface area (Å²) in [4.78, 5) is 46.2. The van der Waals surface area contributed by atoms with Gasteiger partial charge in [0.2, 0.25) is 0 Å². The summed E-state index contributed by atoms with van der Waals surface area (Å²) in [5, 5.41) is 3.54. The molecule has 3 aliphatic heterocycles. The summed E-state index contributed by atoms with van der Waals surface area (Å²) in [6.45, 7) is 2.41. The molecule has 4 aromatic rings. The quantitative estimate of drug-likeness (QED) is 0.366. The fourth-order valence-electron chi connectivity index (χ4n) is 6.57. The first-order valence-corrected chi connectivity index (χ1v) is 14.4. The number of H-pyrrole nitrogens is 1. The average Bonchev–Trinajstić information content (AvgIpc) is 3.71. The van der Waals surface area contributed by atoms with Gasteiger partial charge < -0.3 is 24.8 Å². The van der Waals surface area contributed by atoms with Crippen molar-refractivity contribution in [1.29, 1.82) is 0 Å². The van der Waals surface area contributed by atoms with E-state index in [1.54, 1.807) is 0 Å². The Labute approximate surface area is 237 Å². The van der Waals surface area contributed by atoms with E-state index in [4.69, 9.17) is 4.74 Å². The van der Waals surface area contributed by atoms with Gasteiger partial charge in [-0.2, -0.15) is 0 Å². The number of ether oxygens (including phenoxy) is 1. The van der Waals surface area contributed by atoms with Gasteiger partial charge in [0.25, 0.3) is 11.8 Å². The summed E-state index contributed by atoms with van der Waals surface area (Å²) in [5.74, 6) is -0.0320. The van der Waals surface area contributed by atoms with Gasteiger partial charge in [-0.1, -0.05) is 36.4 Å². The lowest BCUT2D eigenvalue weighted by Gasteiger charge is -2.33. The second-order valence-corrected chi connectivity index (χ2v) is 11.1. The lowest BCUT2D eigenvalue weighted by Crippen LogP contribution is -2.40. The van der Waals surface area contributed by atoms with Crippen molar-refractivity contribution in [3.63, 3.8) is 0 Å². The zero-order chi connectivity index (χ0) is 27.9. The number of hydrogen-bond acceptors (Lipinski definition) is 5. The predicted octanol–water partition coefficient (Wildman–Crippen LogP) is 4.55. The highest BCUT2D eigenvalue weighted by atomic mass is 16.5. The number of aromatic amines is 1.